The van der Waals surface area contributed by atoms with Crippen molar-refractivity contribution < 1.29 is 23.5 Å². The molecular formula is C15H17F2N3O3. The molecule has 0 saturated heterocycles. The number of rotatable bonds is 6. The third-order valence-electron chi connectivity index (χ3n) is 3.49. The Balaban J connectivity index is 2.26. The lowest BCUT2D eigenvalue weighted by Gasteiger charge is -2.19. The first kappa shape index (κ1) is 16.9. The first-order chi connectivity index (χ1) is 10.9. The summed E-state index contributed by atoms with van der Waals surface area (Å²) in [6.45, 7) is 0.988. The molecule has 0 aromatic heterocycles. The lowest BCUT2D eigenvalue weighted by molar-refractivity contribution is -0.138. The number of anilines is 1. The van der Waals surface area contributed by atoms with Gasteiger partial charge in [-0.25, -0.2) is 13.6 Å². The van der Waals surface area contributed by atoms with Gasteiger partial charge in [-0.1, -0.05) is 18.2 Å². The van der Waals surface area contributed by atoms with Crippen molar-refractivity contribution in [1.82, 2.24) is 4.90 Å². The predicted octanol–water partition coefficient (Wildman–Crippen LogP) is 1.82. The van der Waals surface area contributed by atoms with Crippen molar-refractivity contribution in [2.24, 2.45) is 5.10 Å². The molecule has 1 amide bonds. The number of nitrogens with zero attached hydrogens (tertiary/aromatic N) is 3. The molecule has 23 heavy (non-hydrogen) atoms. The normalized spacial score (nSPS) is 17.3. The van der Waals surface area contributed by atoms with Gasteiger partial charge in [0, 0.05) is 13.0 Å². The van der Waals surface area contributed by atoms with Crippen molar-refractivity contribution in [2.75, 3.05) is 18.1 Å². The Bertz CT molecular complexity index is 607. The highest BCUT2D eigenvalue weighted by Gasteiger charge is 2.37. The second-order valence-electron chi connectivity index (χ2n) is 5.02. The van der Waals surface area contributed by atoms with Crippen LogP contribution >= 0.6 is 0 Å². The van der Waals surface area contributed by atoms with Gasteiger partial charge in [0.25, 0.3) is 12.3 Å². The zero-order chi connectivity index (χ0) is 17.0. The summed E-state index contributed by atoms with van der Waals surface area (Å²) in [5.74, 6) is -1.78. The molecule has 0 spiro atoms. The number of aliphatic carboxylic acids is 1. The van der Waals surface area contributed by atoms with E-state index in [0.29, 0.717) is 5.69 Å². The fourth-order valence-corrected chi connectivity index (χ4v) is 2.36. The Morgan fingerprint density at radius 3 is 2.57 bits per heavy atom. The maximum Gasteiger partial charge on any atom is 0.328 e. The van der Waals surface area contributed by atoms with Crippen LogP contribution in [-0.2, 0) is 9.59 Å². The summed E-state index contributed by atoms with van der Waals surface area (Å²) >= 11 is 0. The largest absolute Gasteiger partial charge is 0.480 e. The van der Waals surface area contributed by atoms with Crippen molar-refractivity contribution in [3.05, 3.63) is 30.3 Å². The molecule has 1 N–H and O–H groups in total. The Morgan fingerprint density at radius 2 is 2.04 bits per heavy atom. The lowest BCUT2D eigenvalue weighted by atomic mass is 10.1. The molecule has 1 aliphatic heterocycles. The van der Waals surface area contributed by atoms with Gasteiger partial charge in [0.15, 0.2) is 6.04 Å². The van der Waals surface area contributed by atoms with Crippen LogP contribution in [0.2, 0.25) is 0 Å². The second kappa shape index (κ2) is 7.17. The maximum atomic E-state index is 12.5. The van der Waals surface area contributed by atoms with E-state index in [1.807, 2.05) is 0 Å². The minimum Gasteiger partial charge on any atom is -0.480 e. The molecule has 0 bridgehead atoms. The number of benzene rings is 1. The van der Waals surface area contributed by atoms with E-state index < -0.39 is 30.9 Å². The highest BCUT2D eigenvalue weighted by Crippen LogP contribution is 2.25. The Labute approximate surface area is 132 Å². The van der Waals surface area contributed by atoms with E-state index in [1.165, 1.54) is 5.01 Å². The quantitative estimate of drug-likeness (QED) is 0.866. The Morgan fingerprint density at radius 1 is 1.39 bits per heavy atom. The van der Waals surface area contributed by atoms with Crippen LogP contribution in [0.25, 0.3) is 0 Å². The molecule has 0 fully saturated rings. The molecule has 1 aliphatic rings. The number of hydrogen-bond acceptors (Lipinski definition) is 4. The fourth-order valence-electron chi connectivity index (χ4n) is 2.36. The summed E-state index contributed by atoms with van der Waals surface area (Å²) in [6, 6.07) is 7.53. The van der Waals surface area contributed by atoms with E-state index in [1.54, 1.807) is 37.3 Å². The number of halogens is 2. The highest BCUT2D eigenvalue weighted by atomic mass is 19.3. The maximum absolute atomic E-state index is 12.5. The monoisotopic (exact) mass is 325 g/mol. The van der Waals surface area contributed by atoms with Crippen molar-refractivity contribution in [2.45, 2.75) is 25.8 Å². The summed E-state index contributed by atoms with van der Waals surface area (Å²) in [4.78, 5) is 24.7. The number of alkyl halides is 2. The van der Waals surface area contributed by atoms with E-state index >= 15 is 0 Å². The van der Waals surface area contributed by atoms with Gasteiger partial charge in [-0.2, -0.15) is 5.10 Å². The van der Waals surface area contributed by atoms with E-state index in [4.69, 9.17) is 0 Å². The SMILES string of the molecule is CCN(CC(F)F)C(=O)C1=NN(c2ccccc2)C(C(=O)O)C1. The Hall–Kier alpha value is -2.51. The number of para-hydroxylation sites is 1. The summed E-state index contributed by atoms with van der Waals surface area (Å²) < 4.78 is 25.1. The smallest absolute Gasteiger partial charge is 0.328 e. The first-order valence-electron chi connectivity index (χ1n) is 7.16. The fraction of sp³-hybridized carbons (Fsp3) is 0.400. The number of carbonyl (C=O) groups excluding carboxylic acids is 1. The van der Waals surface area contributed by atoms with Crippen LogP contribution in [-0.4, -0.2) is 53.2 Å². The topological polar surface area (TPSA) is 73.2 Å². The summed E-state index contributed by atoms with van der Waals surface area (Å²) in [5.41, 5.74) is 0.503. The average Bonchev–Trinajstić information content (AvgIpc) is 2.98. The van der Waals surface area contributed by atoms with Crippen molar-refractivity contribution in [3.63, 3.8) is 0 Å². The van der Waals surface area contributed by atoms with Gasteiger partial charge in [0.05, 0.1) is 12.2 Å². The van der Waals surface area contributed by atoms with Gasteiger partial charge in [0.2, 0.25) is 0 Å². The van der Waals surface area contributed by atoms with Crippen molar-refractivity contribution >= 4 is 23.3 Å². The van der Waals surface area contributed by atoms with Crippen LogP contribution < -0.4 is 5.01 Å². The molecule has 0 radical (unpaired) electrons. The van der Waals surface area contributed by atoms with E-state index in [9.17, 15) is 23.5 Å². The van der Waals surface area contributed by atoms with Gasteiger partial charge in [-0.05, 0) is 19.1 Å². The van der Waals surface area contributed by atoms with E-state index in [0.717, 1.165) is 4.90 Å². The molecule has 124 valence electrons. The zero-order valence-corrected chi connectivity index (χ0v) is 12.5. The number of amides is 1. The summed E-state index contributed by atoms with van der Waals surface area (Å²) in [5, 5.41) is 14.6. The van der Waals surface area contributed by atoms with E-state index in [-0.39, 0.29) is 18.7 Å². The molecule has 1 aromatic rings. The molecule has 6 nitrogen and oxygen atoms in total. The minimum absolute atomic E-state index is 0.0243. The predicted molar refractivity (Wildman–Crippen MR) is 80.7 cm³/mol. The second-order valence-corrected chi connectivity index (χ2v) is 5.02. The van der Waals surface area contributed by atoms with Gasteiger partial charge in [-0.15, -0.1) is 0 Å². The standard InChI is InChI=1S/C15H17F2N3O3/c1-2-19(9-13(16)17)14(21)11-8-12(15(22)23)20(18-11)10-6-4-3-5-7-10/h3-7,12-13H,2,8-9H2,1H3,(H,22,23). The average molecular weight is 325 g/mol. The van der Waals surface area contributed by atoms with Crippen molar-refractivity contribution in [3.8, 4) is 0 Å². The van der Waals surface area contributed by atoms with Crippen LogP contribution in [0.3, 0.4) is 0 Å². The molecule has 0 saturated carbocycles. The number of carboxylic acids is 1. The minimum atomic E-state index is -2.65. The lowest BCUT2D eigenvalue weighted by Crippen LogP contribution is -2.40. The van der Waals surface area contributed by atoms with E-state index in [2.05, 4.69) is 5.10 Å². The van der Waals surface area contributed by atoms with Crippen molar-refractivity contribution in [1.29, 1.82) is 0 Å². The van der Waals surface area contributed by atoms with Gasteiger partial charge in [-0.3, -0.25) is 9.80 Å². The molecule has 0 aliphatic carbocycles. The third-order valence-corrected chi connectivity index (χ3v) is 3.49. The van der Waals surface area contributed by atoms with Crippen LogP contribution in [0.1, 0.15) is 13.3 Å². The Kier molecular flexibility index (Phi) is 5.25. The van der Waals surface area contributed by atoms with Crippen LogP contribution in [0.15, 0.2) is 35.4 Å². The zero-order valence-electron chi connectivity index (χ0n) is 12.5. The number of carbonyl (C=O) groups is 2. The van der Waals surface area contributed by atoms with Gasteiger partial charge < -0.3 is 10.0 Å². The molecule has 1 aromatic carbocycles. The summed E-state index contributed by atoms with van der Waals surface area (Å²) in [7, 11) is 0. The molecular weight excluding hydrogens is 308 g/mol. The van der Waals surface area contributed by atoms with Crippen LogP contribution in [0.5, 0.6) is 0 Å². The van der Waals surface area contributed by atoms with Gasteiger partial charge in [0.1, 0.15) is 5.71 Å². The van der Waals surface area contributed by atoms with Gasteiger partial charge >= 0.3 is 5.97 Å². The molecule has 8 heteroatoms. The highest BCUT2D eigenvalue weighted by molar-refractivity contribution is 6.40. The number of carboxylic acid groups (broad SMARTS) is 1. The summed E-state index contributed by atoms with van der Waals surface area (Å²) in [6.07, 6.45) is -2.77. The molecule has 2 rings (SSSR count). The number of hydrazone groups is 1. The van der Waals surface area contributed by atoms with Crippen LogP contribution in [0, 0.1) is 0 Å². The molecule has 1 atom stereocenters. The third kappa shape index (κ3) is 3.82. The number of hydrogen-bond donors (Lipinski definition) is 1. The first-order valence-corrected chi connectivity index (χ1v) is 7.16. The molecule has 1 unspecified atom stereocenters. The van der Waals surface area contributed by atoms with Crippen LogP contribution in [0.4, 0.5) is 14.5 Å². The molecule has 1 heterocycles.